The minimum atomic E-state index is 0.294. The molecule has 0 fully saturated rings. The molecule has 0 spiro atoms. The lowest BCUT2D eigenvalue weighted by molar-refractivity contribution is 0.283. The number of nitrogens with one attached hydrogen (secondary N) is 2. The average molecular weight is 266 g/mol. The predicted molar refractivity (Wildman–Crippen MR) is 79.7 cm³/mol. The summed E-state index contributed by atoms with van der Waals surface area (Å²) < 4.78 is 0. The molecular weight excluding hydrogens is 240 g/mol. The van der Waals surface area contributed by atoms with Crippen LogP contribution in [0.25, 0.3) is 0 Å². The first-order valence-corrected chi connectivity index (χ1v) is 7.08. The molecular formula is C14H26N4O. The summed E-state index contributed by atoms with van der Waals surface area (Å²) in [5.74, 6) is 2.90. The predicted octanol–water partition coefficient (Wildman–Crippen LogP) is 2.61. The van der Waals surface area contributed by atoms with Gasteiger partial charge in [-0.3, -0.25) is 0 Å². The smallest absolute Gasteiger partial charge is 0.135 e. The minimum Gasteiger partial charge on any atom is -0.396 e. The van der Waals surface area contributed by atoms with Crippen LogP contribution in [0.15, 0.2) is 6.07 Å². The third-order valence-electron chi connectivity index (χ3n) is 2.91. The van der Waals surface area contributed by atoms with E-state index in [1.807, 2.05) is 13.1 Å². The van der Waals surface area contributed by atoms with Crippen LogP contribution in [-0.4, -0.2) is 35.3 Å². The summed E-state index contributed by atoms with van der Waals surface area (Å²) in [6.45, 7) is 5.38. The third kappa shape index (κ3) is 5.87. The van der Waals surface area contributed by atoms with Crippen molar-refractivity contribution in [2.45, 2.75) is 45.4 Å². The zero-order valence-electron chi connectivity index (χ0n) is 12.2. The van der Waals surface area contributed by atoms with Gasteiger partial charge >= 0.3 is 0 Å². The second-order valence-electron chi connectivity index (χ2n) is 4.97. The molecule has 5 heteroatoms. The molecule has 0 atom stereocenters. The van der Waals surface area contributed by atoms with Crippen LogP contribution in [0.2, 0.25) is 0 Å². The molecule has 0 bridgehead atoms. The van der Waals surface area contributed by atoms with E-state index < -0.39 is 0 Å². The highest BCUT2D eigenvalue weighted by atomic mass is 16.2. The van der Waals surface area contributed by atoms with Crippen LogP contribution in [0, 0.1) is 0 Å². The zero-order valence-corrected chi connectivity index (χ0v) is 12.2. The van der Waals surface area contributed by atoms with Gasteiger partial charge < -0.3 is 15.7 Å². The van der Waals surface area contributed by atoms with Crippen molar-refractivity contribution in [3.63, 3.8) is 0 Å². The molecule has 0 amide bonds. The summed E-state index contributed by atoms with van der Waals surface area (Å²) in [6, 6.07) is 1.93. The van der Waals surface area contributed by atoms with E-state index in [2.05, 4.69) is 34.4 Å². The molecule has 5 nitrogen and oxygen atoms in total. The lowest BCUT2D eigenvalue weighted by atomic mass is 10.2. The number of nitrogens with zero attached hydrogens (tertiary/aromatic N) is 2. The number of aliphatic hydroxyl groups excluding tert-OH is 1. The molecule has 0 saturated carbocycles. The molecule has 0 aliphatic heterocycles. The van der Waals surface area contributed by atoms with Gasteiger partial charge in [-0.15, -0.1) is 0 Å². The van der Waals surface area contributed by atoms with Crippen LogP contribution in [0.5, 0.6) is 0 Å². The second-order valence-corrected chi connectivity index (χ2v) is 4.97. The molecule has 0 unspecified atom stereocenters. The van der Waals surface area contributed by atoms with Gasteiger partial charge in [0, 0.05) is 32.2 Å². The van der Waals surface area contributed by atoms with E-state index in [9.17, 15) is 0 Å². The summed E-state index contributed by atoms with van der Waals surface area (Å²) in [5.41, 5.74) is 0. The Bertz CT molecular complexity index is 368. The number of hydrogen-bond acceptors (Lipinski definition) is 5. The molecule has 3 N–H and O–H groups in total. The standard InChI is InChI=1S/C14H26N4O/c1-11(2)14-17-12(15-3)10-13(18-14)16-8-6-4-5-7-9-19/h10-11,19H,4-9H2,1-3H3,(H2,15,16,17,18). The summed E-state index contributed by atoms with van der Waals surface area (Å²) in [4.78, 5) is 8.94. The van der Waals surface area contributed by atoms with Gasteiger partial charge in [0.1, 0.15) is 17.5 Å². The van der Waals surface area contributed by atoms with E-state index in [4.69, 9.17) is 5.11 Å². The van der Waals surface area contributed by atoms with Gasteiger partial charge in [-0.1, -0.05) is 26.7 Å². The molecule has 1 rings (SSSR count). The van der Waals surface area contributed by atoms with Crippen molar-refractivity contribution in [2.24, 2.45) is 0 Å². The molecule has 1 heterocycles. The van der Waals surface area contributed by atoms with Gasteiger partial charge in [0.25, 0.3) is 0 Å². The Balaban J connectivity index is 2.46. The van der Waals surface area contributed by atoms with E-state index in [0.29, 0.717) is 12.5 Å². The Kier molecular flexibility index (Phi) is 7.18. The van der Waals surface area contributed by atoms with Crippen molar-refractivity contribution >= 4 is 11.6 Å². The fourth-order valence-corrected chi connectivity index (χ4v) is 1.75. The van der Waals surface area contributed by atoms with E-state index in [1.54, 1.807) is 0 Å². The fourth-order valence-electron chi connectivity index (χ4n) is 1.75. The number of rotatable bonds is 9. The van der Waals surface area contributed by atoms with E-state index in [-0.39, 0.29) is 0 Å². The lowest BCUT2D eigenvalue weighted by Crippen LogP contribution is -2.08. The average Bonchev–Trinajstić information content (AvgIpc) is 2.42. The van der Waals surface area contributed by atoms with Gasteiger partial charge in [-0.25, -0.2) is 9.97 Å². The van der Waals surface area contributed by atoms with E-state index in [1.165, 1.54) is 0 Å². The molecule has 0 aromatic carbocycles. The number of aliphatic hydroxyl groups is 1. The SMILES string of the molecule is CNc1cc(NCCCCCCO)nc(C(C)C)n1. The fraction of sp³-hybridized carbons (Fsp3) is 0.714. The van der Waals surface area contributed by atoms with Crippen molar-refractivity contribution in [3.8, 4) is 0 Å². The summed E-state index contributed by atoms with van der Waals surface area (Å²) >= 11 is 0. The number of aromatic nitrogens is 2. The van der Waals surface area contributed by atoms with Gasteiger partial charge in [0.2, 0.25) is 0 Å². The normalized spacial score (nSPS) is 10.8. The van der Waals surface area contributed by atoms with Gasteiger partial charge in [0.15, 0.2) is 0 Å². The largest absolute Gasteiger partial charge is 0.396 e. The van der Waals surface area contributed by atoms with Crippen LogP contribution in [0.3, 0.4) is 0 Å². The van der Waals surface area contributed by atoms with Crippen LogP contribution < -0.4 is 10.6 Å². The number of anilines is 2. The lowest BCUT2D eigenvalue weighted by Gasteiger charge is -2.11. The molecule has 1 aromatic rings. The van der Waals surface area contributed by atoms with Gasteiger partial charge in [0.05, 0.1) is 0 Å². The molecule has 0 radical (unpaired) electrons. The summed E-state index contributed by atoms with van der Waals surface area (Å²) in [5, 5.41) is 15.1. The number of unbranched alkanes of at least 4 members (excludes halogenated alkanes) is 3. The maximum absolute atomic E-state index is 8.70. The highest BCUT2D eigenvalue weighted by molar-refractivity contribution is 5.47. The summed E-state index contributed by atoms with van der Waals surface area (Å²) in [6.07, 6.45) is 4.21. The molecule has 0 aliphatic rings. The van der Waals surface area contributed by atoms with Crippen molar-refractivity contribution in [2.75, 3.05) is 30.8 Å². The molecule has 0 aliphatic carbocycles. The van der Waals surface area contributed by atoms with Crippen molar-refractivity contribution in [1.82, 2.24) is 9.97 Å². The molecule has 0 saturated heterocycles. The Labute approximate surface area is 115 Å². The highest BCUT2D eigenvalue weighted by Gasteiger charge is 2.06. The Morgan fingerprint density at radius 1 is 1.11 bits per heavy atom. The van der Waals surface area contributed by atoms with Crippen molar-refractivity contribution < 1.29 is 5.11 Å². The van der Waals surface area contributed by atoms with Gasteiger partial charge in [-0.2, -0.15) is 0 Å². The Hall–Kier alpha value is -1.36. The summed E-state index contributed by atoms with van der Waals surface area (Å²) in [7, 11) is 1.87. The van der Waals surface area contributed by atoms with Gasteiger partial charge in [-0.05, 0) is 12.8 Å². The van der Waals surface area contributed by atoms with Crippen LogP contribution in [-0.2, 0) is 0 Å². The maximum Gasteiger partial charge on any atom is 0.135 e. The Morgan fingerprint density at radius 2 is 1.79 bits per heavy atom. The first kappa shape index (κ1) is 15.7. The van der Waals surface area contributed by atoms with Crippen molar-refractivity contribution in [1.29, 1.82) is 0 Å². The van der Waals surface area contributed by atoms with Crippen molar-refractivity contribution in [3.05, 3.63) is 11.9 Å². The maximum atomic E-state index is 8.70. The monoisotopic (exact) mass is 266 g/mol. The minimum absolute atomic E-state index is 0.294. The topological polar surface area (TPSA) is 70.1 Å². The first-order chi connectivity index (χ1) is 9.17. The quantitative estimate of drug-likeness (QED) is 0.599. The second kappa shape index (κ2) is 8.69. The first-order valence-electron chi connectivity index (χ1n) is 7.08. The van der Waals surface area contributed by atoms with Crippen LogP contribution >= 0.6 is 0 Å². The zero-order chi connectivity index (χ0) is 14.1. The third-order valence-corrected chi connectivity index (χ3v) is 2.91. The number of hydrogen-bond donors (Lipinski definition) is 3. The Morgan fingerprint density at radius 3 is 2.42 bits per heavy atom. The van der Waals surface area contributed by atoms with E-state index >= 15 is 0 Å². The van der Waals surface area contributed by atoms with Crippen LogP contribution in [0.1, 0.15) is 51.3 Å². The highest BCUT2D eigenvalue weighted by Crippen LogP contribution is 2.16. The molecule has 108 valence electrons. The van der Waals surface area contributed by atoms with E-state index in [0.717, 1.165) is 49.7 Å². The molecule has 19 heavy (non-hydrogen) atoms. The van der Waals surface area contributed by atoms with Crippen LogP contribution in [0.4, 0.5) is 11.6 Å². The molecule has 1 aromatic heterocycles.